The normalized spacial score (nSPS) is 11.5. The molecule has 148 heavy (non-hydrogen) atoms. The molecule has 0 N–H and O–H groups in total. The molecule has 0 amide bonds. The Morgan fingerprint density at radius 1 is 0.122 bits per heavy atom. The Bertz CT molecular complexity index is 8050. The van der Waals surface area contributed by atoms with E-state index >= 15 is 35.1 Å². The van der Waals surface area contributed by atoms with Gasteiger partial charge in [-0.05, 0) is 375 Å². The molecule has 0 aliphatic carbocycles. The predicted molar refractivity (Wildman–Crippen MR) is 562 cm³/mol. The van der Waals surface area contributed by atoms with Crippen LogP contribution in [0.3, 0.4) is 0 Å². The van der Waals surface area contributed by atoms with Crippen LogP contribution in [0.1, 0.15) is 0 Å². The average molecular weight is 1970 g/mol. The van der Waals surface area contributed by atoms with E-state index < -0.39 is 93.1 Å². The van der Waals surface area contributed by atoms with Crippen LogP contribution >= 0.6 is 0 Å². The van der Waals surface area contributed by atoms with Crippen molar-refractivity contribution in [3.05, 3.63) is 530 Å². The molecular weight excluding hydrogens is 1900 g/mol. The van der Waals surface area contributed by atoms with Gasteiger partial charge >= 0.3 is 0 Å². The van der Waals surface area contributed by atoms with Crippen molar-refractivity contribution in [3.8, 4) is 89.0 Å². The largest absolute Gasteiger partial charge is 0.307 e. The van der Waals surface area contributed by atoms with Crippen LogP contribution < -0.4 is 19.6 Å². The van der Waals surface area contributed by atoms with Gasteiger partial charge in [0.05, 0.1) is 45.5 Å². The van der Waals surface area contributed by atoms with E-state index in [9.17, 15) is 35.1 Å². The lowest BCUT2D eigenvalue weighted by Crippen LogP contribution is -2.14. The Hall–Kier alpha value is -18.6. The van der Waals surface area contributed by atoms with Crippen molar-refractivity contribution in [2.45, 2.75) is 0 Å². The van der Waals surface area contributed by atoms with E-state index in [1.165, 1.54) is 121 Å². The van der Waals surface area contributed by atoms with Crippen LogP contribution in [-0.2, 0) is 0 Å². The van der Waals surface area contributed by atoms with Crippen LogP contribution in [0.15, 0.2) is 437 Å². The van der Waals surface area contributed by atoms with Crippen LogP contribution in [0.5, 0.6) is 0 Å². The van der Waals surface area contributed by atoms with E-state index in [-0.39, 0.29) is 22.7 Å². The second-order valence-electron chi connectivity index (χ2n) is 36.0. The summed E-state index contributed by atoms with van der Waals surface area (Å²) in [7, 11) is 0. The molecular formula is C128H72F16N4. The molecule has 0 unspecified atom stereocenters. The first-order chi connectivity index (χ1) is 71.9. The van der Waals surface area contributed by atoms with Crippen LogP contribution in [0.25, 0.3) is 154 Å². The number of halogens is 16. The molecule has 24 aromatic rings. The second kappa shape index (κ2) is 38.3. The van der Waals surface area contributed by atoms with Gasteiger partial charge in [-0.25, -0.2) is 70.2 Å². The fourth-order valence-electron chi connectivity index (χ4n) is 20.0. The number of nitrogens with zero attached hydrogens (tertiary/aromatic N) is 4. The highest BCUT2D eigenvalue weighted by molar-refractivity contribution is 6.30. The second-order valence-corrected chi connectivity index (χ2v) is 36.0. The number of hydrogen-bond acceptors (Lipinski definition) is 4. The zero-order valence-electron chi connectivity index (χ0n) is 77.4. The third kappa shape index (κ3) is 17.7. The van der Waals surface area contributed by atoms with Crippen molar-refractivity contribution >= 4 is 133 Å². The first-order valence-corrected chi connectivity index (χ1v) is 47.0. The van der Waals surface area contributed by atoms with Crippen molar-refractivity contribution in [2.24, 2.45) is 0 Å². The lowest BCUT2D eigenvalue weighted by atomic mass is 9.91. The van der Waals surface area contributed by atoms with E-state index in [0.717, 1.165) is 91.6 Å². The smallest absolute Gasteiger partial charge is 0.182 e. The van der Waals surface area contributed by atoms with Crippen LogP contribution in [0.4, 0.5) is 138 Å². The highest BCUT2D eigenvalue weighted by Gasteiger charge is 2.32. The predicted octanol–water partition coefficient (Wildman–Crippen LogP) is 38.6. The lowest BCUT2D eigenvalue weighted by molar-refractivity contribution is 0.510. The number of hydrogen-bond donors (Lipinski definition) is 0. The molecule has 20 heteroatoms. The van der Waals surface area contributed by atoms with Crippen molar-refractivity contribution in [2.75, 3.05) is 19.6 Å². The fraction of sp³-hybridized carbons (Fsp3) is 0. The molecule has 0 atom stereocenters. The summed E-state index contributed by atoms with van der Waals surface area (Å²) >= 11 is 0. The summed E-state index contributed by atoms with van der Waals surface area (Å²) in [5.41, 5.74) is 12.9. The topological polar surface area (TPSA) is 13.0 Å². The summed E-state index contributed by atoms with van der Waals surface area (Å²) in [5.74, 6) is -10.8. The maximum Gasteiger partial charge on any atom is 0.182 e. The molecule has 0 fully saturated rings. The Balaban J connectivity index is 0.000000163. The molecule has 4 nitrogen and oxygen atoms in total. The maximum absolute atomic E-state index is 16.6. The van der Waals surface area contributed by atoms with Crippen molar-refractivity contribution in [1.82, 2.24) is 0 Å². The molecule has 24 aromatic carbocycles. The summed E-state index contributed by atoms with van der Waals surface area (Å²) in [6.07, 6.45) is 0. The highest BCUT2D eigenvalue weighted by Crippen LogP contribution is 2.55. The molecule has 0 bridgehead atoms. The molecule has 0 spiro atoms. The van der Waals surface area contributed by atoms with Crippen LogP contribution in [-0.4, -0.2) is 0 Å². The Morgan fingerprint density at radius 2 is 0.304 bits per heavy atom. The number of rotatable bonds is 20. The number of anilines is 12. The summed E-state index contributed by atoms with van der Waals surface area (Å²) in [5, 5.41) is 8.52. The van der Waals surface area contributed by atoms with Gasteiger partial charge in [-0.3, -0.25) is 0 Å². The minimum absolute atomic E-state index is 0.118. The van der Waals surface area contributed by atoms with Crippen LogP contribution in [0, 0.1) is 93.1 Å². The first kappa shape index (κ1) is 93.1. The van der Waals surface area contributed by atoms with Gasteiger partial charge < -0.3 is 19.6 Å². The molecule has 716 valence electrons. The summed E-state index contributed by atoms with van der Waals surface area (Å²) < 4.78 is 243. The van der Waals surface area contributed by atoms with Gasteiger partial charge in [0.15, 0.2) is 23.3 Å². The highest BCUT2D eigenvalue weighted by atomic mass is 19.2. The Labute approximate surface area is 836 Å². The van der Waals surface area contributed by atoms with E-state index in [1.807, 2.05) is 121 Å². The van der Waals surface area contributed by atoms with E-state index in [2.05, 4.69) is 0 Å². The number of benzene rings is 24. The molecule has 0 aliphatic heterocycles. The quantitative estimate of drug-likeness (QED) is 0.0557. The zero-order chi connectivity index (χ0) is 102. The van der Waals surface area contributed by atoms with Gasteiger partial charge in [0.1, 0.15) is 69.8 Å². The monoisotopic (exact) mass is 1970 g/mol. The summed E-state index contributed by atoms with van der Waals surface area (Å²) in [4.78, 5) is 6.49. The molecule has 0 heterocycles. The average Bonchev–Trinajstić information content (AvgIpc) is 0.716. The van der Waals surface area contributed by atoms with Gasteiger partial charge in [0.25, 0.3) is 0 Å². The van der Waals surface area contributed by atoms with Gasteiger partial charge in [-0.1, -0.05) is 182 Å². The van der Waals surface area contributed by atoms with Gasteiger partial charge in [0.2, 0.25) is 0 Å². The third-order valence-electron chi connectivity index (χ3n) is 27.0. The summed E-state index contributed by atoms with van der Waals surface area (Å²) in [6.45, 7) is 0. The minimum atomic E-state index is -1.12. The van der Waals surface area contributed by atoms with Crippen molar-refractivity contribution in [3.63, 3.8) is 0 Å². The molecule has 0 aliphatic rings. The first-order valence-electron chi connectivity index (χ1n) is 47.0. The molecule has 0 radical (unpaired) electrons. The van der Waals surface area contributed by atoms with Gasteiger partial charge in [-0.15, -0.1) is 0 Å². The third-order valence-corrected chi connectivity index (χ3v) is 27.0. The summed E-state index contributed by atoms with van der Waals surface area (Å²) in [6, 6.07) is 113. The molecule has 0 saturated carbocycles. The van der Waals surface area contributed by atoms with E-state index in [1.54, 1.807) is 165 Å². The Kier molecular flexibility index (Phi) is 24.1. The van der Waals surface area contributed by atoms with Crippen molar-refractivity contribution < 1.29 is 70.2 Å². The van der Waals surface area contributed by atoms with Crippen molar-refractivity contribution in [1.29, 1.82) is 0 Å². The standard InChI is InChI=1S/2C64H36F8N2/c65-47-13-1-37(2-14-47)43-29-44(38-3-15-48(66)16-4-38)32-53(31-43)73(61-35-51(69)21-25-57(61)71)59-27-11-41-10-24-56-60(28-12-42-9-23-55(59)63(41)64(42)56)74(62-36-52(70)22-26-58(62)72)54-33-45(39-5-17-49(67)18-6-39)30-46(34-54)40-7-19-50(68)20-8-40;65-47-19-7-37(8-20-47)43-31-44(38-9-21-48(66)22-10-38)34-51(33-43)73(59-5-1-3-55(69)63(59)71)57-29-17-41-16-28-54-58(30-18-42-15-27-53(57)61(41)62(42)54)74(60-6-2-4-56(70)64(60)72)52-35-45(39-11-23-49(67)24-12-39)32-46(36-52)40-13-25-50(68)26-14-40/h2*1-36H. The molecule has 0 aromatic heterocycles. The Morgan fingerprint density at radius 3 is 0.507 bits per heavy atom. The minimum Gasteiger partial charge on any atom is -0.307 e. The zero-order valence-corrected chi connectivity index (χ0v) is 77.4. The molecule has 24 rings (SSSR count). The maximum atomic E-state index is 16.6. The lowest BCUT2D eigenvalue weighted by Gasteiger charge is -2.30. The van der Waals surface area contributed by atoms with Crippen LogP contribution in [0.2, 0.25) is 0 Å². The SMILES string of the molecule is Fc1ccc(-c2cc(-c3ccc(F)cc3)cc(N(c3cc(F)ccc3F)c3ccc4ccc5c(N(c6cc(-c7ccc(F)cc7)cc(-c7ccc(F)cc7)c6)c6cc(F)ccc6F)ccc6ccc3c4c65)c2)cc1.Fc1ccc(-c2cc(-c3ccc(F)cc3)cc(N(c3cccc(F)c3F)c3ccc4ccc5c(N(c6cc(-c7ccc(F)cc7)cc(-c7ccc(F)cc7)c6)c6cccc(F)c6F)ccc6ccc3c4c65)c2)cc1. The van der Waals surface area contributed by atoms with Gasteiger partial charge in [-0.2, -0.15) is 0 Å². The molecule has 0 saturated heterocycles. The van der Waals surface area contributed by atoms with E-state index in [0.29, 0.717) is 156 Å². The fourth-order valence-corrected chi connectivity index (χ4v) is 20.0. The van der Waals surface area contributed by atoms with E-state index in [4.69, 9.17) is 0 Å². The van der Waals surface area contributed by atoms with Gasteiger partial charge in [0, 0.05) is 56.4 Å².